The van der Waals surface area contributed by atoms with Gasteiger partial charge in [-0.1, -0.05) is 11.6 Å². The lowest BCUT2D eigenvalue weighted by molar-refractivity contribution is -0.122. The number of pyridine rings is 1. The number of imide groups is 1. The second-order valence-electron chi connectivity index (χ2n) is 7.76. The van der Waals surface area contributed by atoms with Gasteiger partial charge in [0.15, 0.2) is 11.5 Å². The quantitative estimate of drug-likeness (QED) is 0.609. The van der Waals surface area contributed by atoms with Crippen LogP contribution in [0, 0.1) is 5.92 Å². The van der Waals surface area contributed by atoms with Crippen molar-refractivity contribution in [3.63, 3.8) is 0 Å². The number of anilines is 2. The number of carbonyl (C=O) groups is 3. The number of halogens is 1. The molecule has 0 spiro atoms. The number of benzene rings is 1. The number of likely N-dealkylation sites (tertiary alicyclic amines) is 1. The Hall–Kier alpha value is -3.37. The highest BCUT2D eigenvalue weighted by Gasteiger charge is 2.26. The van der Waals surface area contributed by atoms with Gasteiger partial charge in [0.05, 0.1) is 11.6 Å². The highest BCUT2D eigenvalue weighted by molar-refractivity contribution is 6.30. The Morgan fingerprint density at radius 3 is 2.52 bits per heavy atom. The molecule has 1 saturated heterocycles. The Morgan fingerprint density at radius 1 is 1.03 bits per heavy atom. The van der Waals surface area contributed by atoms with E-state index in [4.69, 9.17) is 21.1 Å². The number of nitrogens with zero attached hydrogens (tertiary/aromatic N) is 2. The molecule has 0 unspecified atom stereocenters. The molecule has 33 heavy (non-hydrogen) atoms. The van der Waals surface area contributed by atoms with Crippen molar-refractivity contribution in [3.8, 4) is 11.5 Å². The van der Waals surface area contributed by atoms with Gasteiger partial charge in [-0.05, 0) is 50.2 Å². The summed E-state index contributed by atoms with van der Waals surface area (Å²) in [6.45, 7) is 2.14. The largest absolute Gasteiger partial charge is 0.486 e. The van der Waals surface area contributed by atoms with Crippen molar-refractivity contribution < 1.29 is 23.9 Å². The first-order valence-corrected chi connectivity index (χ1v) is 11.0. The zero-order valence-electron chi connectivity index (χ0n) is 17.8. The zero-order chi connectivity index (χ0) is 23.2. The van der Waals surface area contributed by atoms with Crippen LogP contribution in [0.5, 0.6) is 11.5 Å². The van der Waals surface area contributed by atoms with Crippen LogP contribution in [-0.2, 0) is 9.59 Å². The van der Waals surface area contributed by atoms with Gasteiger partial charge in [-0.2, -0.15) is 0 Å². The topological polar surface area (TPSA) is 122 Å². The number of hydrogen-bond donors (Lipinski definition) is 3. The monoisotopic (exact) mass is 473 g/mol. The van der Waals surface area contributed by atoms with Gasteiger partial charge < -0.3 is 20.1 Å². The van der Waals surface area contributed by atoms with Crippen molar-refractivity contribution in [1.82, 2.24) is 15.2 Å². The second-order valence-corrected chi connectivity index (χ2v) is 8.20. The molecule has 2 aromatic rings. The molecule has 0 saturated carbocycles. The Kier molecular flexibility index (Phi) is 7.26. The van der Waals surface area contributed by atoms with E-state index in [2.05, 4.69) is 20.9 Å². The molecule has 3 N–H and O–H groups in total. The summed E-state index contributed by atoms with van der Waals surface area (Å²) in [5.74, 6) is 0.926. The third-order valence-corrected chi connectivity index (χ3v) is 5.58. The van der Waals surface area contributed by atoms with E-state index in [0.717, 1.165) is 0 Å². The van der Waals surface area contributed by atoms with Crippen LogP contribution < -0.4 is 25.4 Å². The number of aromatic nitrogens is 1. The van der Waals surface area contributed by atoms with E-state index in [-0.39, 0.29) is 18.4 Å². The van der Waals surface area contributed by atoms with Crippen LogP contribution in [0.15, 0.2) is 36.5 Å². The lowest BCUT2D eigenvalue weighted by atomic mass is 9.96. The minimum Gasteiger partial charge on any atom is -0.486 e. The van der Waals surface area contributed by atoms with Gasteiger partial charge in [0.25, 0.3) is 0 Å². The molecule has 1 fully saturated rings. The van der Waals surface area contributed by atoms with Crippen molar-refractivity contribution >= 4 is 41.0 Å². The first kappa shape index (κ1) is 22.8. The van der Waals surface area contributed by atoms with Gasteiger partial charge in [0.1, 0.15) is 19.0 Å². The molecule has 11 heteroatoms. The van der Waals surface area contributed by atoms with Gasteiger partial charge in [-0.25, -0.2) is 9.78 Å². The Balaban J connectivity index is 1.18. The van der Waals surface area contributed by atoms with Crippen LogP contribution in [0.1, 0.15) is 12.8 Å². The van der Waals surface area contributed by atoms with Gasteiger partial charge in [-0.15, -0.1) is 0 Å². The second kappa shape index (κ2) is 10.5. The normalized spacial score (nSPS) is 16.0. The average Bonchev–Trinajstić information content (AvgIpc) is 2.80. The third kappa shape index (κ3) is 6.33. The maximum atomic E-state index is 12.4. The molecule has 174 valence electrons. The molecule has 0 radical (unpaired) electrons. The molecule has 0 atom stereocenters. The fraction of sp³-hybridized carbons (Fsp3) is 0.364. The van der Waals surface area contributed by atoms with E-state index in [1.807, 2.05) is 4.90 Å². The molecule has 3 heterocycles. The zero-order valence-corrected chi connectivity index (χ0v) is 18.6. The highest BCUT2D eigenvalue weighted by atomic mass is 35.5. The minimum atomic E-state index is -0.624. The summed E-state index contributed by atoms with van der Waals surface area (Å²) in [6.07, 6.45) is 2.69. The van der Waals surface area contributed by atoms with Crippen LogP contribution in [-0.4, -0.2) is 60.6 Å². The van der Waals surface area contributed by atoms with Gasteiger partial charge in [0.2, 0.25) is 11.8 Å². The SMILES string of the molecule is O=C(CN1CCC(C(=O)Nc2ccc(Cl)cn2)CC1)NC(=O)Nc1ccc2c(c1)OCCO2. The number of hydrogen-bond acceptors (Lipinski definition) is 7. The molecule has 1 aromatic carbocycles. The summed E-state index contributed by atoms with van der Waals surface area (Å²) in [7, 11) is 0. The Bertz CT molecular complexity index is 1020. The van der Waals surface area contributed by atoms with Crippen LogP contribution in [0.25, 0.3) is 0 Å². The minimum absolute atomic E-state index is 0.0711. The first-order chi connectivity index (χ1) is 16.0. The lowest BCUT2D eigenvalue weighted by Crippen LogP contribution is -2.45. The molecular formula is C22H24ClN5O5. The molecular weight excluding hydrogens is 450 g/mol. The van der Waals surface area contributed by atoms with Crippen molar-refractivity contribution in [2.75, 3.05) is 43.5 Å². The fourth-order valence-corrected chi connectivity index (χ4v) is 3.80. The van der Waals surface area contributed by atoms with Crippen LogP contribution in [0.3, 0.4) is 0 Å². The van der Waals surface area contributed by atoms with Gasteiger partial charge >= 0.3 is 6.03 Å². The van der Waals surface area contributed by atoms with Crippen LogP contribution in [0.2, 0.25) is 5.02 Å². The van der Waals surface area contributed by atoms with Crippen LogP contribution >= 0.6 is 11.6 Å². The van der Waals surface area contributed by atoms with E-state index in [9.17, 15) is 14.4 Å². The number of urea groups is 1. The Morgan fingerprint density at radius 2 is 1.79 bits per heavy atom. The third-order valence-electron chi connectivity index (χ3n) is 5.36. The number of nitrogens with one attached hydrogen (secondary N) is 3. The number of piperidine rings is 1. The average molecular weight is 474 g/mol. The number of rotatable bonds is 5. The fourth-order valence-electron chi connectivity index (χ4n) is 3.68. The summed E-state index contributed by atoms with van der Waals surface area (Å²) in [6, 6.07) is 7.71. The predicted octanol–water partition coefficient (Wildman–Crippen LogP) is 2.51. The standard InChI is InChI=1S/C22H24ClN5O5/c23-15-1-4-19(24-12-15)26-21(30)14-5-7-28(8-6-14)13-20(29)27-22(31)25-16-2-3-17-18(11-16)33-10-9-32-17/h1-4,11-12,14H,5-10,13H2,(H,24,26,30)(H2,25,27,29,31). The van der Waals surface area contributed by atoms with Crippen LogP contribution in [0.4, 0.5) is 16.3 Å². The van der Waals surface area contributed by atoms with Gasteiger partial charge in [0, 0.05) is 23.9 Å². The maximum absolute atomic E-state index is 12.4. The summed E-state index contributed by atoms with van der Waals surface area (Å²) in [5.41, 5.74) is 0.492. The Labute approximate surface area is 195 Å². The summed E-state index contributed by atoms with van der Waals surface area (Å²) >= 11 is 5.80. The van der Waals surface area contributed by atoms with Crippen molar-refractivity contribution in [1.29, 1.82) is 0 Å². The van der Waals surface area contributed by atoms with Crippen molar-refractivity contribution in [2.45, 2.75) is 12.8 Å². The van der Waals surface area contributed by atoms with Crippen molar-refractivity contribution in [2.24, 2.45) is 5.92 Å². The van der Waals surface area contributed by atoms with Crippen molar-refractivity contribution in [3.05, 3.63) is 41.6 Å². The van der Waals surface area contributed by atoms with E-state index in [0.29, 0.717) is 67.2 Å². The smallest absolute Gasteiger partial charge is 0.325 e. The summed E-state index contributed by atoms with van der Waals surface area (Å²) in [5, 5.41) is 8.23. The first-order valence-electron chi connectivity index (χ1n) is 10.6. The summed E-state index contributed by atoms with van der Waals surface area (Å²) < 4.78 is 10.9. The van der Waals surface area contributed by atoms with E-state index < -0.39 is 11.9 Å². The maximum Gasteiger partial charge on any atom is 0.325 e. The van der Waals surface area contributed by atoms with E-state index >= 15 is 0 Å². The molecule has 4 rings (SSSR count). The molecule has 4 amide bonds. The molecule has 1 aromatic heterocycles. The molecule has 10 nitrogen and oxygen atoms in total. The van der Waals surface area contributed by atoms with Gasteiger partial charge in [-0.3, -0.25) is 19.8 Å². The number of ether oxygens (including phenoxy) is 2. The molecule has 0 aliphatic carbocycles. The number of fused-ring (bicyclic) bond motifs is 1. The highest BCUT2D eigenvalue weighted by Crippen LogP contribution is 2.32. The molecule has 2 aliphatic heterocycles. The predicted molar refractivity (Wildman–Crippen MR) is 122 cm³/mol. The lowest BCUT2D eigenvalue weighted by Gasteiger charge is -2.30. The number of carbonyl (C=O) groups excluding carboxylic acids is 3. The van der Waals surface area contributed by atoms with E-state index in [1.165, 1.54) is 6.20 Å². The molecule has 0 bridgehead atoms. The molecule has 2 aliphatic rings. The van der Waals surface area contributed by atoms with E-state index in [1.54, 1.807) is 30.3 Å². The summed E-state index contributed by atoms with van der Waals surface area (Å²) in [4.78, 5) is 42.9. The number of amides is 4.